The van der Waals surface area contributed by atoms with E-state index in [1.165, 1.54) is 24.3 Å². The van der Waals surface area contributed by atoms with Crippen LogP contribution in [0.5, 0.6) is 0 Å². The van der Waals surface area contributed by atoms with E-state index in [0.717, 1.165) is 6.07 Å². The number of aldehydes is 1. The van der Waals surface area contributed by atoms with E-state index in [-0.39, 0.29) is 33.4 Å². The quantitative estimate of drug-likeness (QED) is 0.372. The molecule has 0 radical (unpaired) electrons. The number of non-ortho nitro benzene ring substituents is 1. The van der Waals surface area contributed by atoms with Crippen molar-refractivity contribution in [3.63, 3.8) is 0 Å². The summed E-state index contributed by atoms with van der Waals surface area (Å²) in [6.07, 6.45) is 0.494. The number of benzene rings is 2. The van der Waals surface area contributed by atoms with Crippen LogP contribution in [-0.4, -0.2) is 19.6 Å². The van der Waals surface area contributed by atoms with Crippen LogP contribution in [0.25, 0.3) is 11.3 Å². The van der Waals surface area contributed by atoms with Crippen molar-refractivity contribution in [3.8, 4) is 11.3 Å². The van der Waals surface area contributed by atoms with Gasteiger partial charge >= 0.3 is 0 Å². The molecule has 7 nitrogen and oxygen atoms in total. The van der Waals surface area contributed by atoms with Crippen molar-refractivity contribution < 1.29 is 22.6 Å². The Morgan fingerprint density at radius 3 is 2.38 bits per heavy atom. The lowest BCUT2D eigenvalue weighted by atomic mass is 10.1. The summed E-state index contributed by atoms with van der Waals surface area (Å²) < 4.78 is 30.7. The van der Waals surface area contributed by atoms with Crippen molar-refractivity contribution in [1.29, 1.82) is 0 Å². The molecule has 8 heteroatoms. The largest absolute Gasteiger partial charge is 0.453 e. The second-order valence-electron chi connectivity index (χ2n) is 5.54. The molecule has 0 amide bonds. The fraction of sp³-hybridized carbons (Fsp3) is 0.0556. The van der Waals surface area contributed by atoms with Crippen LogP contribution in [0, 0.1) is 10.1 Å². The monoisotopic (exact) mass is 371 g/mol. The standard InChI is InChI=1S/C18H13NO6S/c20-11-16-6-7-18(25-16)14-8-15(19(21)22)10-17(9-14)26(23,24)12-13-4-2-1-3-5-13/h1-11H,12H2. The summed E-state index contributed by atoms with van der Waals surface area (Å²) in [6, 6.07) is 14.9. The van der Waals surface area contributed by atoms with Gasteiger partial charge in [-0.15, -0.1) is 0 Å². The lowest BCUT2D eigenvalue weighted by Gasteiger charge is -2.07. The maximum absolute atomic E-state index is 12.7. The Morgan fingerprint density at radius 2 is 1.77 bits per heavy atom. The number of nitro groups is 1. The molecule has 3 aromatic rings. The molecule has 0 unspecified atom stereocenters. The predicted molar refractivity (Wildman–Crippen MR) is 93.5 cm³/mol. The van der Waals surface area contributed by atoms with Gasteiger partial charge in [0.1, 0.15) is 5.76 Å². The van der Waals surface area contributed by atoms with Gasteiger partial charge in [-0.25, -0.2) is 8.42 Å². The van der Waals surface area contributed by atoms with Crippen LogP contribution in [-0.2, 0) is 15.6 Å². The Balaban J connectivity index is 2.08. The Labute approximate surface area is 149 Å². The lowest BCUT2D eigenvalue weighted by molar-refractivity contribution is -0.385. The number of nitro benzene ring substituents is 1. The number of carbonyl (C=O) groups excluding carboxylic acids is 1. The van der Waals surface area contributed by atoms with Crippen LogP contribution in [0.15, 0.2) is 70.0 Å². The maximum atomic E-state index is 12.7. The zero-order valence-corrected chi connectivity index (χ0v) is 14.2. The molecular formula is C18H13NO6S. The summed E-state index contributed by atoms with van der Waals surface area (Å²) in [5.41, 5.74) is 0.402. The van der Waals surface area contributed by atoms with Gasteiger partial charge in [0, 0.05) is 17.7 Å². The van der Waals surface area contributed by atoms with Crippen LogP contribution < -0.4 is 0 Å². The van der Waals surface area contributed by atoms with Gasteiger partial charge in [-0.3, -0.25) is 14.9 Å². The Bertz CT molecular complexity index is 1070. The molecule has 0 spiro atoms. The SMILES string of the molecule is O=Cc1ccc(-c2cc([N+](=O)[O-])cc(S(=O)(=O)Cc3ccccc3)c2)o1. The Hall–Kier alpha value is -3.26. The molecule has 0 atom stereocenters. The van der Waals surface area contributed by atoms with Crippen LogP contribution in [0.3, 0.4) is 0 Å². The highest BCUT2D eigenvalue weighted by Gasteiger charge is 2.22. The number of hydrogen-bond donors (Lipinski definition) is 0. The summed E-state index contributed by atoms with van der Waals surface area (Å²) in [5, 5.41) is 11.2. The van der Waals surface area contributed by atoms with Crippen molar-refractivity contribution in [2.75, 3.05) is 0 Å². The topological polar surface area (TPSA) is 107 Å². The zero-order chi connectivity index (χ0) is 18.7. The molecule has 0 aliphatic heterocycles. The highest BCUT2D eigenvalue weighted by atomic mass is 32.2. The average Bonchev–Trinajstić information content (AvgIpc) is 3.11. The van der Waals surface area contributed by atoms with Gasteiger partial charge in [0.05, 0.1) is 15.6 Å². The predicted octanol–water partition coefficient (Wildman–Crippen LogP) is 3.64. The minimum Gasteiger partial charge on any atom is -0.453 e. The van der Waals surface area contributed by atoms with Gasteiger partial charge in [0.15, 0.2) is 21.9 Å². The molecule has 1 heterocycles. The first-order valence-electron chi connectivity index (χ1n) is 7.50. The summed E-state index contributed by atoms with van der Waals surface area (Å²) in [5.74, 6) is -0.0706. The van der Waals surface area contributed by atoms with Gasteiger partial charge < -0.3 is 4.42 Å². The first-order valence-corrected chi connectivity index (χ1v) is 9.16. The zero-order valence-electron chi connectivity index (χ0n) is 13.4. The third-order valence-electron chi connectivity index (χ3n) is 3.69. The van der Waals surface area contributed by atoms with Gasteiger partial charge in [-0.05, 0) is 23.8 Å². The number of rotatable bonds is 6. The maximum Gasteiger partial charge on any atom is 0.271 e. The van der Waals surface area contributed by atoms with E-state index in [1.54, 1.807) is 30.3 Å². The normalized spacial score (nSPS) is 11.2. The number of carbonyl (C=O) groups is 1. The highest BCUT2D eigenvalue weighted by Crippen LogP contribution is 2.30. The molecule has 0 aliphatic rings. The molecule has 0 fully saturated rings. The van der Waals surface area contributed by atoms with E-state index in [1.807, 2.05) is 0 Å². The van der Waals surface area contributed by atoms with Gasteiger partial charge in [0.25, 0.3) is 5.69 Å². The van der Waals surface area contributed by atoms with Gasteiger partial charge in [-0.2, -0.15) is 0 Å². The molecule has 0 aliphatic carbocycles. The van der Waals surface area contributed by atoms with E-state index in [0.29, 0.717) is 11.8 Å². The molecule has 0 saturated carbocycles. The molecule has 3 rings (SSSR count). The van der Waals surface area contributed by atoms with Crippen molar-refractivity contribution >= 4 is 21.8 Å². The van der Waals surface area contributed by atoms with E-state index in [2.05, 4.69) is 0 Å². The summed E-state index contributed by atoms with van der Waals surface area (Å²) >= 11 is 0. The van der Waals surface area contributed by atoms with Crippen molar-refractivity contribution in [3.05, 3.63) is 82.1 Å². The summed E-state index contributed by atoms with van der Waals surface area (Å²) in [7, 11) is -3.81. The first-order chi connectivity index (χ1) is 12.4. The van der Waals surface area contributed by atoms with Gasteiger partial charge in [0.2, 0.25) is 0 Å². The third-order valence-corrected chi connectivity index (χ3v) is 5.36. The van der Waals surface area contributed by atoms with Crippen LogP contribution >= 0.6 is 0 Å². The van der Waals surface area contributed by atoms with Crippen LogP contribution in [0.1, 0.15) is 16.1 Å². The molecule has 2 aromatic carbocycles. The molecule has 132 valence electrons. The molecule has 0 bridgehead atoms. The summed E-state index contributed by atoms with van der Waals surface area (Å²) in [6.45, 7) is 0. The lowest BCUT2D eigenvalue weighted by Crippen LogP contribution is -2.06. The third kappa shape index (κ3) is 3.70. The van der Waals surface area contributed by atoms with Crippen molar-refractivity contribution in [2.24, 2.45) is 0 Å². The van der Waals surface area contributed by atoms with Crippen molar-refractivity contribution in [2.45, 2.75) is 10.6 Å². The molecule has 1 aromatic heterocycles. The number of hydrogen-bond acceptors (Lipinski definition) is 6. The second kappa shape index (κ2) is 6.93. The van der Waals surface area contributed by atoms with E-state index in [4.69, 9.17) is 4.42 Å². The Morgan fingerprint density at radius 1 is 1.04 bits per heavy atom. The second-order valence-corrected chi connectivity index (χ2v) is 7.53. The van der Waals surface area contributed by atoms with Crippen LogP contribution in [0.4, 0.5) is 5.69 Å². The van der Waals surface area contributed by atoms with Gasteiger partial charge in [-0.1, -0.05) is 30.3 Å². The minimum atomic E-state index is -3.81. The van der Waals surface area contributed by atoms with E-state index in [9.17, 15) is 23.3 Å². The average molecular weight is 371 g/mol. The number of sulfone groups is 1. The molecule has 0 saturated heterocycles. The van der Waals surface area contributed by atoms with E-state index >= 15 is 0 Å². The fourth-order valence-corrected chi connectivity index (χ4v) is 3.86. The summed E-state index contributed by atoms with van der Waals surface area (Å²) in [4.78, 5) is 21.1. The molecular weight excluding hydrogens is 358 g/mol. The first kappa shape index (κ1) is 17.6. The Kier molecular flexibility index (Phi) is 4.68. The fourth-order valence-electron chi connectivity index (χ4n) is 2.46. The number of furan rings is 1. The van der Waals surface area contributed by atoms with Crippen LogP contribution in [0.2, 0.25) is 0 Å². The minimum absolute atomic E-state index is 0.0419. The molecule has 0 N–H and O–H groups in total. The smallest absolute Gasteiger partial charge is 0.271 e. The van der Waals surface area contributed by atoms with Crippen molar-refractivity contribution in [1.82, 2.24) is 0 Å². The number of nitrogens with zero attached hydrogens (tertiary/aromatic N) is 1. The highest BCUT2D eigenvalue weighted by molar-refractivity contribution is 7.90. The van der Waals surface area contributed by atoms with E-state index < -0.39 is 14.8 Å². The molecule has 26 heavy (non-hydrogen) atoms.